The van der Waals surface area contributed by atoms with Crippen molar-refractivity contribution in [3.05, 3.63) is 101 Å². The number of fused-ring (bicyclic) bond motifs is 1. The zero-order valence-corrected chi connectivity index (χ0v) is 17.8. The number of β-amino-alcohol motifs (C(OH)–C–C–N with tert-alkyl or cyclic N) is 1. The highest BCUT2D eigenvalue weighted by Gasteiger charge is 2.42. The van der Waals surface area contributed by atoms with Crippen molar-refractivity contribution < 1.29 is 19.7 Å². The molecule has 1 aliphatic rings. The molecule has 4 aromatic rings. The van der Waals surface area contributed by atoms with Gasteiger partial charge in [0.05, 0.1) is 12.6 Å². The lowest BCUT2D eigenvalue weighted by Gasteiger charge is -2.25. The Labute approximate surface area is 190 Å². The molecule has 166 valence electrons. The van der Waals surface area contributed by atoms with Gasteiger partial charge in [0, 0.05) is 17.7 Å². The number of phenols is 1. The number of rotatable bonds is 7. The minimum absolute atomic E-state index is 0.0864. The average Bonchev–Trinajstić information content (AvgIpc) is 3.39. The van der Waals surface area contributed by atoms with Crippen LogP contribution in [0.4, 0.5) is 0 Å². The standard InChI is InChI=1S/C26H23N3O4/c30-15-14-29-25(18-10-12-19(13-11-18)33-16-17-6-2-1-3-7-17)22-23(27-28-24(22)26(29)32)20-8-4-5-9-21(20)31/h1-13,25,30-31H,14-16H2,(H,27,28)/t25-/m1/s1. The molecule has 1 aromatic heterocycles. The number of hydrogen-bond acceptors (Lipinski definition) is 5. The Morgan fingerprint density at radius 1 is 0.970 bits per heavy atom. The number of hydrogen-bond donors (Lipinski definition) is 3. The highest BCUT2D eigenvalue weighted by molar-refractivity contribution is 6.00. The third kappa shape index (κ3) is 3.83. The second-order valence-electron chi connectivity index (χ2n) is 7.85. The fourth-order valence-electron chi connectivity index (χ4n) is 4.25. The molecule has 3 N–H and O–H groups in total. The number of nitrogens with one attached hydrogen (secondary N) is 1. The second kappa shape index (κ2) is 8.80. The lowest BCUT2D eigenvalue weighted by Crippen LogP contribution is -2.32. The van der Waals surface area contributed by atoms with Crippen LogP contribution in [0.25, 0.3) is 11.3 Å². The van der Waals surface area contributed by atoms with E-state index in [9.17, 15) is 15.0 Å². The number of aromatic amines is 1. The van der Waals surface area contributed by atoms with E-state index in [1.807, 2.05) is 60.7 Å². The first kappa shape index (κ1) is 20.8. The summed E-state index contributed by atoms with van der Waals surface area (Å²) >= 11 is 0. The van der Waals surface area contributed by atoms with Crippen LogP contribution in [0.2, 0.25) is 0 Å². The van der Waals surface area contributed by atoms with Crippen LogP contribution in [0.5, 0.6) is 11.5 Å². The van der Waals surface area contributed by atoms with Gasteiger partial charge in [0.2, 0.25) is 0 Å². The third-order valence-electron chi connectivity index (χ3n) is 5.81. The van der Waals surface area contributed by atoms with Crippen molar-refractivity contribution in [3.63, 3.8) is 0 Å². The molecule has 0 spiro atoms. The monoisotopic (exact) mass is 441 g/mol. The van der Waals surface area contributed by atoms with Crippen molar-refractivity contribution in [1.82, 2.24) is 15.1 Å². The molecule has 7 heteroatoms. The number of H-pyrrole nitrogens is 1. The number of phenolic OH excluding ortho intramolecular Hbond substituents is 1. The van der Waals surface area contributed by atoms with Crippen molar-refractivity contribution in [3.8, 4) is 22.8 Å². The zero-order chi connectivity index (χ0) is 22.8. The number of nitrogens with zero attached hydrogens (tertiary/aromatic N) is 2. The highest BCUT2D eigenvalue weighted by atomic mass is 16.5. The normalized spacial score (nSPS) is 15.0. The molecule has 0 saturated heterocycles. The van der Waals surface area contributed by atoms with Gasteiger partial charge in [-0.2, -0.15) is 5.10 Å². The average molecular weight is 441 g/mol. The first-order chi connectivity index (χ1) is 16.2. The van der Waals surface area contributed by atoms with E-state index in [2.05, 4.69) is 10.2 Å². The maximum Gasteiger partial charge on any atom is 0.273 e. The summed E-state index contributed by atoms with van der Waals surface area (Å²) in [4.78, 5) is 14.7. The number of aliphatic hydroxyl groups is 1. The minimum Gasteiger partial charge on any atom is -0.507 e. The SMILES string of the molecule is O=C1c2[nH]nc(-c3ccccc3O)c2[C@@H](c2ccc(OCc3ccccc3)cc2)N1CCO. The molecular weight excluding hydrogens is 418 g/mol. The number of amides is 1. The molecule has 0 radical (unpaired) electrons. The fraction of sp³-hybridized carbons (Fsp3) is 0.154. The van der Waals surface area contributed by atoms with E-state index in [0.29, 0.717) is 34.9 Å². The van der Waals surface area contributed by atoms with Crippen LogP contribution in [0.15, 0.2) is 78.9 Å². The molecule has 0 aliphatic carbocycles. The van der Waals surface area contributed by atoms with Crippen molar-refractivity contribution in [2.45, 2.75) is 12.6 Å². The zero-order valence-electron chi connectivity index (χ0n) is 17.8. The molecule has 0 saturated carbocycles. The number of aliphatic hydroxyl groups excluding tert-OH is 1. The maximum absolute atomic E-state index is 13.1. The van der Waals surface area contributed by atoms with Crippen LogP contribution in [0, 0.1) is 0 Å². The van der Waals surface area contributed by atoms with E-state index in [1.54, 1.807) is 23.1 Å². The van der Waals surface area contributed by atoms with Crippen LogP contribution in [0.1, 0.15) is 33.2 Å². The van der Waals surface area contributed by atoms with Gasteiger partial charge in [-0.1, -0.05) is 54.6 Å². The molecule has 1 atom stereocenters. The third-order valence-corrected chi connectivity index (χ3v) is 5.81. The topological polar surface area (TPSA) is 98.7 Å². The predicted molar refractivity (Wildman–Crippen MR) is 123 cm³/mol. The number of aromatic hydroxyl groups is 1. The van der Waals surface area contributed by atoms with E-state index >= 15 is 0 Å². The predicted octanol–water partition coefficient (Wildman–Crippen LogP) is 3.90. The maximum atomic E-state index is 13.1. The molecule has 1 aliphatic heterocycles. The van der Waals surface area contributed by atoms with Gasteiger partial charge < -0.3 is 19.8 Å². The highest BCUT2D eigenvalue weighted by Crippen LogP contribution is 2.44. The summed E-state index contributed by atoms with van der Waals surface area (Å²) in [5.74, 6) is 0.569. The van der Waals surface area contributed by atoms with Gasteiger partial charge in [0.15, 0.2) is 0 Å². The summed E-state index contributed by atoms with van der Waals surface area (Å²) < 4.78 is 5.90. The van der Waals surface area contributed by atoms with Crippen LogP contribution >= 0.6 is 0 Å². The van der Waals surface area contributed by atoms with Crippen molar-refractivity contribution in [2.75, 3.05) is 13.2 Å². The van der Waals surface area contributed by atoms with Gasteiger partial charge >= 0.3 is 0 Å². The molecular formula is C26H23N3O4. The summed E-state index contributed by atoms with van der Waals surface area (Å²) in [5, 5.41) is 27.2. The number of aromatic nitrogens is 2. The molecule has 5 rings (SSSR count). The van der Waals surface area contributed by atoms with E-state index < -0.39 is 6.04 Å². The van der Waals surface area contributed by atoms with Crippen molar-refractivity contribution in [2.24, 2.45) is 0 Å². The Balaban J connectivity index is 1.49. The van der Waals surface area contributed by atoms with E-state index in [1.165, 1.54) is 0 Å². The van der Waals surface area contributed by atoms with Gasteiger partial charge in [0.25, 0.3) is 5.91 Å². The number of carbonyl (C=O) groups excluding carboxylic acids is 1. The fourth-order valence-corrected chi connectivity index (χ4v) is 4.25. The van der Waals surface area contributed by atoms with E-state index in [0.717, 1.165) is 11.1 Å². The quantitative estimate of drug-likeness (QED) is 0.404. The van der Waals surface area contributed by atoms with E-state index in [-0.39, 0.29) is 24.8 Å². The van der Waals surface area contributed by atoms with Crippen LogP contribution in [-0.4, -0.2) is 44.4 Å². The molecule has 2 heterocycles. The molecule has 3 aromatic carbocycles. The number of benzene rings is 3. The molecule has 33 heavy (non-hydrogen) atoms. The van der Waals surface area contributed by atoms with Crippen LogP contribution in [-0.2, 0) is 6.61 Å². The largest absolute Gasteiger partial charge is 0.507 e. The van der Waals surface area contributed by atoms with Crippen molar-refractivity contribution in [1.29, 1.82) is 0 Å². The van der Waals surface area contributed by atoms with Gasteiger partial charge in [0.1, 0.15) is 29.5 Å². The summed E-state index contributed by atoms with van der Waals surface area (Å²) in [5.41, 5.74) is 4.06. The van der Waals surface area contributed by atoms with Gasteiger partial charge in [-0.05, 0) is 35.4 Å². The Hall–Kier alpha value is -4.10. The van der Waals surface area contributed by atoms with Gasteiger partial charge in [-0.25, -0.2) is 0 Å². The van der Waals surface area contributed by atoms with Crippen LogP contribution < -0.4 is 4.74 Å². The Morgan fingerprint density at radius 2 is 1.70 bits per heavy atom. The first-order valence-corrected chi connectivity index (χ1v) is 10.7. The summed E-state index contributed by atoms with van der Waals surface area (Å²) in [6.45, 7) is 0.477. The van der Waals surface area contributed by atoms with Gasteiger partial charge in [-0.15, -0.1) is 0 Å². The Morgan fingerprint density at radius 3 is 2.42 bits per heavy atom. The lowest BCUT2D eigenvalue weighted by molar-refractivity contribution is 0.0706. The lowest BCUT2D eigenvalue weighted by atomic mass is 9.95. The summed E-state index contributed by atoms with van der Waals surface area (Å²) in [7, 11) is 0. The van der Waals surface area contributed by atoms with E-state index in [4.69, 9.17) is 4.74 Å². The van der Waals surface area contributed by atoms with Crippen molar-refractivity contribution >= 4 is 5.91 Å². The van der Waals surface area contributed by atoms with Crippen LogP contribution in [0.3, 0.4) is 0 Å². The molecule has 0 bridgehead atoms. The molecule has 7 nitrogen and oxygen atoms in total. The molecule has 0 fully saturated rings. The Kier molecular flexibility index (Phi) is 5.54. The summed E-state index contributed by atoms with van der Waals surface area (Å²) in [6.07, 6.45) is 0. The Bertz CT molecular complexity index is 1270. The number of carbonyl (C=O) groups is 1. The summed E-state index contributed by atoms with van der Waals surface area (Å²) in [6, 6.07) is 24.0. The van der Waals surface area contributed by atoms with Gasteiger partial charge in [-0.3, -0.25) is 9.89 Å². The number of ether oxygens (including phenoxy) is 1. The molecule has 0 unspecified atom stereocenters. The molecule has 1 amide bonds. The second-order valence-corrected chi connectivity index (χ2v) is 7.85. The number of para-hydroxylation sites is 1. The minimum atomic E-state index is -0.448. The smallest absolute Gasteiger partial charge is 0.273 e. The first-order valence-electron chi connectivity index (χ1n) is 10.7.